The van der Waals surface area contributed by atoms with Crippen LogP contribution in [0.4, 0.5) is 14.9 Å². The number of nitrogens with one attached hydrogen (secondary N) is 2. The molecule has 1 fully saturated rings. The predicted molar refractivity (Wildman–Crippen MR) is 97.2 cm³/mol. The number of benzene rings is 2. The second kappa shape index (κ2) is 8.59. The summed E-state index contributed by atoms with van der Waals surface area (Å²) in [5, 5.41) is 6.39. The Morgan fingerprint density at radius 1 is 1.26 bits per heavy atom. The van der Waals surface area contributed by atoms with Crippen molar-refractivity contribution in [2.24, 2.45) is 5.22 Å². The Kier molecular flexibility index (Phi) is 5.97. The van der Waals surface area contributed by atoms with E-state index >= 15 is 0 Å². The van der Waals surface area contributed by atoms with Gasteiger partial charge >= 0.3 is 6.03 Å². The Morgan fingerprint density at radius 3 is 2.67 bits per heavy atom. The molecule has 1 aliphatic carbocycles. The van der Waals surface area contributed by atoms with Gasteiger partial charge in [-0.05, 0) is 17.7 Å². The number of anilines is 1. The lowest BCUT2D eigenvalue weighted by Gasteiger charge is -2.35. The molecule has 2 N–H and O–H groups in total. The van der Waals surface area contributed by atoms with Gasteiger partial charge in [-0.2, -0.15) is 10.5 Å². The monoisotopic (exact) mass is 372 g/mol. The number of ether oxygens (including phenoxy) is 2. The molecule has 0 aromatic heterocycles. The summed E-state index contributed by atoms with van der Waals surface area (Å²) in [7, 11) is 1.42. The van der Waals surface area contributed by atoms with E-state index in [0.717, 1.165) is 10.6 Å². The van der Waals surface area contributed by atoms with Crippen LogP contribution in [0.2, 0.25) is 0 Å². The minimum Gasteiger partial charge on any atom is -0.488 e. The fourth-order valence-electron chi connectivity index (χ4n) is 2.79. The van der Waals surface area contributed by atoms with Crippen molar-refractivity contribution in [1.82, 2.24) is 5.32 Å². The Morgan fingerprint density at radius 2 is 2.00 bits per heavy atom. The third-order valence-corrected chi connectivity index (χ3v) is 4.33. The molecule has 0 saturated heterocycles. The van der Waals surface area contributed by atoms with Crippen LogP contribution < -0.4 is 15.1 Å². The molecule has 142 valence electrons. The van der Waals surface area contributed by atoms with Gasteiger partial charge in [-0.3, -0.25) is 0 Å². The number of hydrogen-bond acceptors (Lipinski definition) is 5. The zero-order valence-corrected chi connectivity index (χ0v) is 14.9. The van der Waals surface area contributed by atoms with Crippen molar-refractivity contribution in [2.45, 2.75) is 31.7 Å². The Hall–Kier alpha value is -3.00. The van der Waals surface area contributed by atoms with Gasteiger partial charge in [-0.15, -0.1) is 0 Å². The van der Waals surface area contributed by atoms with Crippen LogP contribution in [0.1, 0.15) is 18.4 Å². The summed E-state index contributed by atoms with van der Waals surface area (Å²) in [6.07, 6.45) is 1.26. The fraction of sp³-hybridized carbons (Fsp3) is 0.316. The lowest BCUT2D eigenvalue weighted by Crippen LogP contribution is -2.40. The van der Waals surface area contributed by atoms with E-state index in [-0.39, 0.29) is 23.6 Å². The van der Waals surface area contributed by atoms with Crippen LogP contribution in [-0.2, 0) is 11.3 Å². The average molecular weight is 372 g/mol. The van der Waals surface area contributed by atoms with Crippen LogP contribution in [0.25, 0.3) is 0 Å². The molecule has 0 radical (unpaired) electrons. The first kappa shape index (κ1) is 18.8. The number of carbonyl (C=O) groups excluding carboxylic acids is 1. The summed E-state index contributed by atoms with van der Waals surface area (Å²) in [5.41, 5.74) is 8.52. The minimum absolute atomic E-state index is 0.0723. The molecule has 0 heterocycles. The van der Waals surface area contributed by atoms with Gasteiger partial charge in [0.15, 0.2) is 0 Å². The highest BCUT2D eigenvalue weighted by Gasteiger charge is 2.33. The Balaban J connectivity index is 1.59. The van der Waals surface area contributed by atoms with Crippen molar-refractivity contribution < 1.29 is 18.7 Å². The molecule has 7 nitrogen and oxygen atoms in total. The average Bonchev–Trinajstić information content (AvgIpc) is 2.66. The Bertz CT molecular complexity index is 797. The van der Waals surface area contributed by atoms with Crippen LogP contribution in [-0.4, -0.2) is 25.3 Å². The van der Waals surface area contributed by atoms with Gasteiger partial charge in [0.1, 0.15) is 23.4 Å². The highest BCUT2D eigenvalue weighted by Crippen LogP contribution is 2.35. The molecule has 0 spiro atoms. The van der Waals surface area contributed by atoms with Gasteiger partial charge in [-0.25, -0.2) is 9.18 Å². The summed E-state index contributed by atoms with van der Waals surface area (Å²) in [6.45, 7) is 0.533. The van der Waals surface area contributed by atoms with Crippen molar-refractivity contribution in [2.75, 3.05) is 12.1 Å². The largest absolute Gasteiger partial charge is 0.488 e. The van der Waals surface area contributed by atoms with Crippen LogP contribution in [0, 0.1) is 11.3 Å². The number of carbonyl (C=O) groups is 1. The van der Waals surface area contributed by atoms with E-state index in [1.165, 1.54) is 25.2 Å². The van der Waals surface area contributed by atoms with Gasteiger partial charge in [0.2, 0.25) is 0 Å². The van der Waals surface area contributed by atoms with E-state index in [2.05, 4.69) is 10.5 Å². The molecule has 8 heteroatoms. The molecule has 2 aromatic carbocycles. The highest BCUT2D eigenvalue weighted by atomic mass is 19.1. The molecule has 2 aromatic rings. The summed E-state index contributed by atoms with van der Waals surface area (Å²) < 4.78 is 25.3. The van der Waals surface area contributed by atoms with E-state index in [4.69, 9.17) is 15.0 Å². The zero-order valence-electron chi connectivity index (χ0n) is 14.9. The Labute approximate surface area is 156 Å². The predicted octanol–water partition coefficient (Wildman–Crippen LogP) is 4.04. The minimum atomic E-state index is -0.612. The summed E-state index contributed by atoms with van der Waals surface area (Å²) in [5.74, 6) is -0.326. The SMILES string of the molecule is CNC(=O)N(N=N)c1ccc(F)cc1OC1CC(OCc2ccccc2)C1. The van der Waals surface area contributed by atoms with Crippen molar-refractivity contribution in [3.8, 4) is 5.75 Å². The zero-order chi connectivity index (χ0) is 19.2. The van der Waals surface area contributed by atoms with Crippen molar-refractivity contribution in [3.63, 3.8) is 0 Å². The number of rotatable bonds is 7. The van der Waals surface area contributed by atoms with Gasteiger partial charge < -0.3 is 14.8 Å². The summed E-state index contributed by atoms with van der Waals surface area (Å²) in [6, 6.07) is 13.0. The number of nitrogens with zero attached hydrogens (tertiary/aromatic N) is 2. The molecule has 0 atom stereocenters. The molecule has 0 unspecified atom stereocenters. The normalized spacial score (nSPS) is 18.3. The first-order valence-electron chi connectivity index (χ1n) is 8.61. The number of urea groups is 1. The first-order chi connectivity index (χ1) is 13.1. The smallest absolute Gasteiger partial charge is 0.343 e. The van der Waals surface area contributed by atoms with Crippen molar-refractivity contribution >= 4 is 11.7 Å². The molecule has 3 rings (SSSR count). The maximum atomic E-state index is 13.7. The molecular formula is C19H21FN4O3. The van der Waals surface area contributed by atoms with E-state index < -0.39 is 11.8 Å². The quantitative estimate of drug-likeness (QED) is 0.568. The van der Waals surface area contributed by atoms with Crippen LogP contribution in [0.5, 0.6) is 5.75 Å². The highest BCUT2D eigenvalue weighted by molar-refractivity contribution is 5.92. The molecule has 0 aliphatic heterocycles. The van der Waals surface area contributed by atoms with Gasteiger partial charge in [0.25, 0.3) is 0 Å². The van der Waals surface area contributed by atoms with Crippen molar-refractivity contribution in [3.05, 3.63) is 59.9 Å². The second-order valence-corrected chi connectivity index (χ2v) is 6.21. The number of hydrogen-bond donors (Lipinski definition) is 2. The number of amides is 2. The van der Waals surface area contributed by atoms with Crippen LogP contribution in [0.15, 0.2) is 53.8 Å². The first-order valence-corrected chi connectivity index (χ1v) is 8.61. The molecule has 2 amide bonds. The number of halogens is 1. The lowest BCUT2D eigenvalue weighted by atomic mass is 9.92. The van der Waals surface area contributed by atoms with Crippen molar-refractivity contribution in [1.29, 1.82) is 5.53 Å². The van der Waals surface area contributed by atoms with E-state index in [1.54, 1.807) is 0 Å². The molecule has 1 saturated carbocycles. The maximum Gasteiger partial charge on any atom is 0.343 e. The second-order valence-electron chi connectivity index (χ2n) is 6.21. The third kappa shape index (κ3) is 4.59. The van der Waals surface area contributed by atoms with E-state index in [9.17, 15) is 9.18 Å². The summed E-state index contributed by atoms with van der Waals surface area (Å²) >= 11 is 0. The maximum absolute atomic E-state index is 13.7. The molecule has 1 aliphatic rings. The van der Waals surface area contributed by atoms with Gasteiger partial charge in [0, 0.05) is 26.0 Å². The van der Waals surface area contributed by atoms with Crippen LogP contribution in [0.3, 0.4) is 0 Å². The molecular weight excluding hydrogens is 351 g/mol. The summed E-state index contributed by atoms with van der Waals surface area (Å²) in [4.78, 5) is 11.9. The molecule has 27 heavy (non-hydrogen) atoms. The standard InChI is InChI=1S/C19H21FN4O3/c1-22-19(25)24(23-21)17-8-7-14(20)9-18(17)27-16-10-15(11-16)26-12-13-5-3-2-4-6-13/h2-9,15-16,21H,10-12H2,1H3,(H,22,25). The van der Waals surface area contributed by atoms with Gasteiger partial charge in [-0.1, -0.05) is 35.6 Å². The van der Waals surface area contributed by atoms with E-state index in [0.29, 0.717) is 19.4 Å². The third-order valence-electron chi connectivity index (χ3n) is 4.33. The molecule has 0 bridgehead atoms. The topological polar surface area (TPSA) is 87.0 Å². The van der Waals surface area contributed by atoms with Crippen LogP contribution >= 0.6 is 0 Å². The van der Waals surface area contributed by atoms with Gasteiger partial charge in [0.05, 0.1) is 12.7 Å². The fourth-order valence-corrected chi connectivity index (χ4v) is 2.79. The van der Waals surface area contributed by atoms with E-state index in [1.807, 2.05) is 30.3 Å². The lowest BCUT2D eigenvalue weighted by molar-refractivity contribution is -0.0682.